The molecule has 1 aromatic heterocycles. The van der Waals surface area contributed by atoms with Gasteiger partial charge in [-0.2, -0.15) is 18.2 Å². The number of anilines is 1. The van der Waals surface area contributed by atoms with Gasteiger partial charge in [0.15, 0.2) is 0 Å². The van der Waals surface area contributed by atoms with Crippen LogP contribution in [0.2, 0.25) is 5.02 Å². The van der Waals surface area contributed by atoms with Gasteiger partial charge in [-0.05, 0) is 32.1 Å². The van der Waals surface area contributed by atoms with Crippen LogP contribution >= 0.6 is 23.4 Å². The van der Waals surface area contributed by atoms with Crippen LogP contribution in [0.3, 0.4) is 0 Å². The zero-order valence-electron chi connectivity index (χ0n) is 22.8. The minimum absolute atomic E-state index is 0.00364. The standard InChI is InChI=1S/C28H26ClF5N4O3S/c1-5-22(39)37-13(2)9-36(10-14(37)3)26-17-6-18(28(32,33)34)23(16-7-19(29)21(31)8-20(16)30)25-24(17)38(27(40)35-26)15(11-41-4)12-42-25/h5-8,13-15H,1,9-12H2,2-4H3/t13-,14+,15-/m0/s1. The summed E-state index contributed by atoms with van der Waals surface area (Å²) >= 11 is 6.92. The van der Waals surface area contributed by atoms with Crippen LogP contribution in [0.15, 0.2) is 40.5 Å². The number of thioether (sulfide) groups is 1. The minimum Gasteiger partial charge on any atom is -0.383 e. The van der Waals surface area contributed by atoms with Crippen LogP contribution < -0.4 is 10.6 Å². The Kier molecular flexibility index (Phi) is 8.05. The molecule has 0 N–H and O–H groups in total. The predicted molar refractivity (Wildman–Crippen MR) is 151 cm³/mol. The van der Waals surface area contributed by atoms with Gasteiger partial charge in [0.05, 0.1) is 28.8 Å². The number of alkyl halides is 3. The third-order valence-electron chi connectivity index (χ3n) is 7.52. The van der Waals surface area contributed by atoms with E-state index in [9.17, 15) is 27.2 Å². The normalized spacial score (nSPS) is 20.7. The van der Waals surface area contributed by atoms with E-state index in [2.05, 4.69) is 11.6 Å². The highest BCUT2D eigenvalue weighted by Crippen LogP contribution is 2.50. The zero-order chi connectivity index (χ0) is 30.7. The van der Waals surface area contributed by atoms with Gasteiger partial charge in [-0.1, -0.05) is 18.2 Å². The first-order valence-electron chi connectivity index (χ1n) is 12.9. The van der Waals surface area contributed by atoms with E-state index in [4.69, 9.17) is 16.3 Å². The van der Waals surface area contributed by atoms with Crippen molar-refractivity contribution in [3.8, 4) is 11.1 Å². The van der Waals surface area contributed by atoms with Crippen LogP contribution in [-0.2, 0) is 15.7 Å². The number of benzene rings is 2. The van der Waals surface area contributed by atoms with Gasteiger partial charge in [-0.15, -0.1) is 11.8 Å². The molecule has 0 bridgehead atoms. The Morgan fingerprint density at radius 3 is 2.45 bits per heavy atom. The molecule has 1 amide bonds. The van der Waals surface area contributed by atoms with E-state index in [1.807, 2.05) is 0 Å². The fraction of sp³-hybridized carbons (Fsp3) is 0.393. The minimum atomic E-state index is -4.97. The highest BCUT2D eigenvalue weighted by molar-refractivity contribution is 7.99. The average Bonchev–Trinajstić information content (AvgIpc) is 2.91. The van der Waals surface area contributed by atoms with Crippen LogP contribution in [0.1, 0.15) is 25.5 Å². The number of amides is 1. The summed E-state index contributed by atoms with van der Waals surface area (Å²) in [5, 5.41) is -0.516. The van der Waals surface area contributed by atoms with Crippen LogP contribution in [0.4, 0.5) is 27.8 Å². The van der Waals surface area contributed by atoms with E-state index < -0.39 is 51.3 Å². The Morgan fingerprint density at radius 1 is 1.19 bits per heavy atom. The summed E-state index contributed by atoms with van der Waals surface area (Å²) in [5.74, 6) is -2.48. The number of carbonyl (C=O) groups excluding carboxylic acids is 1. The lowest BCUT2D eigenvalue weighted by Gasteiger charge is -2.45. The Hall–Kier alpha value is -3.16. The topological polar surface area (TPSA) is 67.7 Å². The average molecular weight is 629 g/mol. The predicted octanol–water partition coefficient (Wildman–Crippen LogP) is 5.92. The maximum absolute atomic E-state index is 15.2. The van der Waals surface area contributed by atoms with Gasteiger partial charge in [0.2, 0.25) is 5.91 Å². The third-order valence-corrected chi connectivity index (χ3v) is 9.05. The molecule has 224 valence electrons. The fourth-order valence-corrected chi connectivity index (χ4v) is 7.37. The van der Waals surface area contributed by atoms with Crippen LogP contribution in [-0.4, -0.2) is 65.0 Å². The maximum atomic E-state index is 15.2. The van der Waals surface area contributed by atoms with Crippen molar-refractivity contribution in [1.82, 2.24) is 14.5 Å². The molecule has 0 aliphatic carbocycles. The Bertz CT molecular complexity index is 1650. The van der Waals surface area contributed by atoms with Crippen molar-refractivity contribution >= 4 is 46.0 Å². The summed E-state index contributed by atoms with van der Waals surface area (Å²) in [7, 11) is 1.44. The van der Waals surface area contributed by atoms with Gasteiger partial charge >= 0.3 is 11.9 Å². The molecule has 0 unspecified atom stereocenters. The van der Waals surface area contributed by atoms with E-state index in [0.717, 1.165) is 23.9 Å². The molecule has 3 aromatic rings. The molecule has 2 aromatic carbocycles. The lowest BCUT2D eigenvalue weighted by Crippen LogP contribution is -2.58. The number of aromatic nitrogens is 2. The van der Waals surface area contributed by atoms with E-state index in [1.165, 1.54) is 17.8 Å². The Labute approximate surface area is 246 Å². The maximum Gasteiger partial charge on any atom is 0.417 e. The smallest absolute Gasteiger partial charge is 0.383 e. The molecule has 1 fully saturated rings. The lowest BCUT2D eigenvalue weighted by molar-refractivity contribution is -0.137. The van der Waals surface area contributed by atoms with Crippen molar-refractivity contribution in [3.05, 3.63) is 63.6 Å². The molecule has 3 atom stereocenters. The molecule has 0 radical (unpaired) electrons. The van der Waals surface area contributed by atoms with E-state index >= 15 is 4.39 Å². The first-order chi connectivity index (χ1) is 19.8. The molecule has 14 heteroatoms. The van der Waals surface area contributed by atoms with Gasteiger partial charge in [0.1, 0.15) is 17.5 Å². The largest absolute Gasteiger partial charge is 0.417 e. The highest BCUT2D eigenvalue weighted by atomic mass is 35.5. The van der Waals surface area contributed by atoms with Crippen molar-refractivity contribution in [2.45, 2.75) is 43.0 Å². The number of hydrogen-bond donors (Lipinski definition) is 0. The summed E-state index contributed by atoms with van der Waals surface area (Å²) in [4.78, 5) is 33.6. The molecule has 0 saturated carbocycles. The molecule has 2 aliphatic heterocycles. The van der Waals surface area contributed by atoms with Crippen LogP contribution in [0.25, 0.3) is 22.0 Å². The van der Waals surface area contributed by atoms with Gasteiger partial charge in [0.25, 0.3) is 0 Å². The van der Waals surface area contributed by atoms with Gasteiger partial charge in [-0.25, -0.2) is 13.6 Å². The molecule has 42 heavy (non-hydrogen) atoms. The summed E-state index contributed by atoms with van der Waals surface area (Å²) in [6.07, 6.45) is -3.77. The number of carbonyl (C=O) groups is 1. The lowest BCUT2D eigenvalue weighted by atomic mass is 9.95. The quantitative estimate of drug-likeness (QED) is 0.199. The number of nitrogens with zero attached hydrogens (tertiary/aromatic N) is 4. The molecule has 3 heterocycles. The Morgan fingerprint density at radius 2 is 1.86 bits per heavy atom. The number of halogens is 6. The second-order valence-corrected chi connectivity index (χ2v) is 11.8. The van der Waals surface area contributed by atoms with Gasteiger partial charge in [0, 0.05) is 65.5 Å². The van der Waals surface area contributed by atoms with Crippen molar-refractivity contribution < 1.29 is 31.5 Å². The molecule has 7 nitrogen and oxygen atoms in total. The number of rotatable bonds is 5. The molecule has 1 saturated heterocycles. The van der Waals surface area contributed by atoms with E-state index in [1.54, 1.807) is 23.6 Å². The Balaban J connectivity index is 1.85. The molecule has 0 spiro atoms. The first kappa shape index (κ1) is 30.3. The SMILES string of the molecule is C=CC(=O)N1[C@H](C)CN(c2nc(=O)n3c4c(c(-c5cc(Cl)c(F)cc5F)c(C(F)(F)F)cc24)SC[C@@H]3COC)C[C@@H]1C. The highest BCUT2D eigenvalue weighted by Gasteiger charge is 2.41. The fourth-order valence-electron chi connectivity index (χ4n) is 5.89. The zero-order valence-corrected chi connectivity index (χ0v) is 24.3. The monoisotopic (exact) mass is 628 g/mol. The summed E-state index contributed by atoms with van der Waals surface area (Å²) in [5.41, 5.74) is -2.84. The summed E-state index contributed by atoms with van der Waals surface area (Å²) in [6.45, 7) is 7.55. The second-order valence-electron chi connectivity index (χ2n) is 10.3. The van der Waals surface area contributed by atoms with Crippen molar-refractivity contribution in [2.75, 3.05) is 37.5 Å². The van der Waals surface area contributed by atoms with E-state index in [0.29, 0.717) is 6.07 Å². The number of hydrogen-bond acceptors (Lipinski definition) is 6. The summed E-state index contributed by atoms with van der Waals surface area (Å²) in [6, 6.07) is 0.792. The van der Waals surface area contributed by atoms with Crippen molar-refractivity contribution in [2.24, 2.45) is 0 Å². The van der Waals surface area contributed by atoms with Crippen molar-refractivity contribution in [3.63, 3.8) is 0 Å². The number of ether oxygens (including phenoxy) is 1. The molecule has 5 rings (SSSR count). The summed E-state index contributed by atoms with van der Waals surface area (Å²) < 4.78 is 80.0. The van der Waals surface area contributed by atoms with Gasteiger partial charge in [-0.3, -0.25) is 9.36 Å². The molecular formula is C28H26ClF5N4O3S. The van der Waals surface area contributed by atoms with Crippen LogP contribution in [0, 0.1) is 11.6 Å². The van der Waals surface area contributed by atoms with Gasteiger partial charge < -0.3 is 14.5 Å². The molecule has 2 aliphatic rings. The molecular weight excluding hydrogens is 603 g/mol. The number of methoxy groups -OCH3 is 1. The van der Waals surface area contributed by atoms with Crippen molar-refractivity contribution in [1.29, 1.82) is 0 Å². The third kappa shape index (κ3) is 5.05. The second kappa shape index (κ2) is 11.2. The number of piperazine rings is 1. The van der Waals surface area contributed by atoms with E-state index in [-0.39, 0.29) is 65.1 Å². The first-order valence-corrected chi connectivity index (χ1v) is 14.3. The van der Waals surface area contributed by atoms with Crippen LogP contribution in [0.5, 0.6) is 0 Å².